The molecule has 3 rings (SSSR count). The summed E-state index contributed by atoms with van der Waals surface area (Å²) in [5.74, 6) is 0.119. The van der Waals surface area contributed by atoms with E-state index in [2.05, 4.69) is 9.97 Å². The minimum absolute atomic E-state index is 0.0722. The number of rotatable bonds is 2. The molecule has 6 heteroatoms. The zero-order valence-corrected chi connectivity index (χ0v) is 11.4. The summed E-state index contributed by atoms with van der Waals surface area (Å²) in [6, 6.07) is 9.09. The maximum absolute atomic E-state index is 12.1. The van der Waals surface area contributed by atoms with Crippen LogP contribution in [-0.2, 0) is 0 Å². The molecular weight excluding hydrogens is 292 g/mol. The summed E-state index contributed by atoms with van der Waals surface area (Å²) in [7, 11) is 0. The van der Waals surface area contributed by atoms with Crippen LogP contribution in [0.4, 0.5) is 0 Å². The van der Waals surface area contributed by atoms with Gasteiger partial charge in [-0.1, -0.05) is 11.6 Å². The van der Waals surface area contributed by atoms with E-state index in [4.69, 9.17) is 11.6 Å². The van der Waals surface area contributed by atoms with Crippen molar-refractivity contribution in [3.05, 3.63) is 57.3 Å². The van der Waals surface area contributed by atoms with E-state index in [1.54, 1.807) is 12.1 Å². The highest BCUT2D eigenvalue weighted by atomic mass is 35.5. The van der Waals surface area contributed by atoms with Gasteiger partial charge in [-0.3, -0.25) is 9.59 Å². The molecule has 0 fully saturated rings. The highest BCUT2D eigenvalue weighted by Gasteiger charge is 2.11. The van der Waals surface area contributed by atoms with Gasteiger partial charge in [-0.25, -0.2) is 4.98 Å². The largest absolute Gasteiger partial charge is 0.507 e. The van der Waals surface area contributed by atoms with Crippen LogP contribution in [0.1, 0.15) is 10.4 Å². The van der Waals surface area contributed by atoms with Gasteiger partial charge in [0.15, 0.2) is 0 Å². The Labute approximate surface area is 123 Å². The Morgan fingerprint density at radius 3 is 2.76 bits per heavy atom. The number of carbonyl (C=O) groups excluding carboxylic acids is 1. The Hall–Kier alpha value is -2.66. The number of benzene rings is 2. The zero-order valence-electron chi connectivity index (χ0n) is 10.6. The molecule has 0 aliphatic carbocycles. The molecule has 0 spiro atoms. The van der Waals surface area contributed by atoms with Crippen molar-refractivity contribution in [2.45, 2.75) is 0 Å². The number of aromatic amines is 1. The summed E-state index contributed by atoms with van der Waals surface area (Å²) in [5, 5.41) is 10.7. The second-order valence-electron chi connectivity index (χ2n) is 4.47. The number of phenols is 1. The first-order valence-corrected chi connectivity index (χ1v) is 6.44. The van der Waals surface area contributed by atoms with Crippen molar-refractivity contribution in [2.24, 2.45) is 0 Å². The minimum atomic E-state index is -0.367. The average molecular weight is 301 g/mol. The first-order valence-electron chi connectivity index (χ1n) is 6.06. The van der Waals surface area contributed by atoms with E-state index in [9.17, 15) is 14.7 Å². The second-order valence-corrected chi connectivity index (χ2v) is 4.91. The Balaban J connectivity index is 2.29. The van der Waals surface area contributed by atoms with Crippen molar-refractivity contribution in [1.29, 1.82) is 0 Å². The summed E-state index contributed by atoms with van der Waals surface area (Å²) in [6.07, 6.45) is 0.655. The third-order valence-corrected chi connectivity index (χ3v) is 3.31. The monoisotopic (exact) mass is 300 g/mol. The number of nitrogens with zero attached hydrogens (tertiary/aromatic N) is 1. The van der Waals surface area contributed by atoms with E-state index in [-0.39, 0.29) is 22.7 Å². The standard InChI is InChI=1S/C15H9ClN2O3/c16-9-2-3-12-10(6-9)15(21)18-14(17-12)11-5-8(7-19)1-4-13(11)20/h1-7,20H,(H,17,18,21). The molecule has 3 aromatic rings. The SMILES string of the molecule is O=Cc1ccc(O)c(-c2nc3ccc(Cl)cc3c(=O)[nH]2)c1. The molecular formula is C15H9ClN2O3. The number of phenolic OH excluding ortho intramolecular Hbond substituents is 1. The van der Waals surface area contributed by atoms with E-state index in [1.165, 1.54) is 24.3 Å². The van der Waals surface area contributed by atoms with Gasteiger partial charge in [0, 0.05) is 10.6 Å². The van der Waals surface area contributed by atoms with Crippen LogP contribution in [0.3, 0.4) is 0 Å². The molecule has 1 heterocycles. The van der Waals surface area contributed by atoms with Gasteiger partial charge >= 0.3 is 0 Å². The molecule has 0 saturated heterocycles. The summed E-state index contributed by atoms with van der Waals surface area (Å²) in [6.45, 7) is 0. The lowest BCUT2D eigenvalue weighted by atomic mass is 10.1. The van der Waals surface area contributed by atoms with E-state index >= 15 is 0 Å². The fourth-order valence-corrected chi connectivity index (χ4v) is 2.23. The molecule has 5 nitrogen and oxygen atoms in total. The van der Waals surface area contributed by atoms with Crippen molar-refractivity contribution >= 4 is 28.8 Å². The normalized spacial score (nSPS) is 10.7. The van der Waals surface area contributed by atoms with Crippen molar-refractivity contribution in [1.82, 2.24) is 9.97 Å². The number of nitrogens with one attached hydrogen (secondary N) is 1. The number of fused-ring (bicyclic) bond motifs is 1. The fourth-order valence-electron chi connectivity index (χ4n) is 2.06. The summed E-state index contributed by atoms with van der Waals surface area (Å²) >= 11 is 5.85. The van der Waals surface area contributed by atoms with Crippen LogP contribution in [0.25, 0.3) is 22.3 Å². The highest BCUT2D eigenvalue weighted by molar-refractivity contribution is 6.31. The van der Waals surface area contributed by atoms with E-state index < -0.39 is 0 Å². The van der Waals surface area contributed by atoms with Gasteiger partial charge in [-0.05, 0) is 36.4 Å². The Morgan fingerprint density at radius 2 is 2.00 bits per heavy atom. The van der Waals surface area contributed by atoms with E-state index in [0.29, 0.717) is 27.8 Å². The number of halogens is 1. The molecule has 1 aromatic heterocycles. The van der Waals surface area contributed by atoms with Crippen LogP contribution >= 0.6 is 11.6 Å². The van der Waals surface area contributed by atoms with Crippen LogP contribution in [0.5, 0.6) is 5.75 Å². The van der Waals surface area contributed by atoms with Gasteiger partial charge in [-0.2, -0.15) is 0 Å². The zero-order chi connectivity index (χ0) is 15.0. The van der Waals surface area contributed by atoms with Crippen LogP contribution in [0.2, 0.25) is 5.02 Å². The van der Waals surface area contributed by atoms with Crippen LogP contribution in [-0.4, -0.2) is 21.4 Å². The number of hydrogen-bond donors (Lipinski definition) is 2. The maximum atomic E-state index is 12.1. The highest BCUT2D eigenvalue weighted by Crippen LogP contribution is 2.27. The molecule has 21 heavy (non-hydrogen) atoms. The van der Waals surface area contributed by atoms with Crippen molar-refractivity contribution in [3.8, 4) is 17.1 Å². The summed E-state index contributed by atoms with van der Waals surface area (Å²) in [4.78, 5) is 29.8. The Kier molecular flexibility index (Phi) is 3.19. The quantitative estimate of drug-likeness (QED) is 0.713. The van der Waals surface area contributed by atoms with Crippen LogP contribution < -0.4 is 5.56 Å². The number of aromatic hydroxyl groups is 1. The Bertz CT molecular complexity index is 918. The molecule has 2 aromatic carbocycles. The predicted octanol–water partition coefficient (Wildman–Crippen LogP) is 2.76. The van der Waals surface area contributed by atoms with Gasteiger partial charge in [0.1, 0.15) is 17.9 Å². The first kappa shape index (κ1) is 13.3. The van der Waals surface area contributed by atoms with Gasteiger partial charge < -0.3 is 10.1 Å². The lowest BCUT2D eigenvalue weighted by Gasteiger charge is -2.06. The van der Waals surface area contributed by atoms with Crippen LogP contribution in [0.15, 0.2) is 41.2 Å². The van der Waals surface area contributed by atoms with E-state index in [1.807, 2.05) is 0 Å². The van der Waals surface area contributed by atoms with E-state index in [0.717, 1.165) is 0 Å². The molecule has 0 bridgehead atoms. The average Bonchev–Trinajstić information content (AvgIpc) is 2.48. The van der Waals surface area contributed by atoms with Crippen molar-refractivity contribution in [2.75, 3.05) is 0 Å². The number of carbonyl (C=O) groups is 1. The molecule has 2 N–H and O–H groups in total. The molecule has 0 aliphatic heterocycles. The third kappa shape index (κ3) is 2.39. The molecule has 0 saturated carbocycles. The molecule has 0 unspecified atom stereocenters. The van der Waals surface area contributed by atoms with Gasteiger partial charge in [0.25, 0.3) is 5.56 Å². The first-order chi connectivity index (χ1) is 10.1. The number of aldehydes is 1. The molecule has 0 atom stereocenters. The number of aromatic nitrogens is 2. The lowest BCUT2D eigenvalue weighted by Crippen LogP contribution is -2.09. The van der Waals surface area contributed by atoms with Crippen LogP contribution in [0, 0.1) is 0 Å². The molecule has 0 radical (unpaired) electrons. The van der Waals surface area contributed by atoms with Crippen molar-refractivity contribution < 1.29 is 9.90 Å². The smallest absolute Gasteiger partial charge is 0.259 e. The minimum Gasteiger partial charge on any atom is -0.507 e. The second kappa shape index (κ2) is 5.03. The number of hydrogen-bond acceptors (Lipinski definition) is 4. The Morgan fingerprint density at radius 1 is 1.19 bits per heavy atom. The topological polar surface area (TPSA) is 83.0 Å². The molecule has 0 amide bonds. The molecule has 104 valence electrons. The summed E-state index contributed by atoms with van der Waals surface area (Å²) < 4.78 is 0. The lowest BCUT2D eigenvalue weighted by molar-refractivity contribution is 0.112. The molecule has 0 aliphatic rings. The van der Waals surface area contributed by atoms with Gasteiger partial charge in [0.2, 0.25) is 0 Å². The summed E-state index contributed by atoms with van der Waals surface area (Å²) in [5.41, 5.74) is 0.748. The van der Waals surface area contributed by atoms with Crippen molar-refractivity contribution in [3.63, 3.8) is 0 Å². The number of H-pyrrole nitrogens is 1. The van der Waals surface area contributed by atoms with Gasteiger partial charge in [0.05, 0.1) is 16.5 Å². The fraction of sp³-hybridized carbons (Fsp3) is 0. The van der Waals surface area contributed by atoms with Gasteiger partial charge in [-0.15, -0.1) is 0 Å². The maximum Gasteiger partial charge on any atom is 0.259 e. The third-order valence-electron chi connectivity index (χ3n) is 3.08. The predicted molar refractivity (Wildman–Crippen MR) is 79.9 cm³/mol.